The number of carbonyl (C=O) groups is 1. The van der Waals surface area contributed by atoms with Crippen LogP contribution < -0.4 is 10.2 Å². The fourth-order valence-electron chi connectivity index (χ4n) is 6.31. The Bertz CT molecular complexity index is 1270. The van der Waals surface area contributed by atoms with Crippen molar-refractivity contribution < 1.29 is 36.6 Å². The van der Waals surface area contributed by atoms with E-state index in [1.165, 1.54) is 42.6 Å². The number of likely N-dealkylation sites (tertiary alicyclic amines) is 1. The van der Waals surface area contributed by atoms with Crippen LogP contribution in [0.25, 0.3) is 11.3 Å². The number of hydrogen-bond donors (Lipinski definition) is 1. The van der Waals surface area contributed by atoms with Crippen LogP contribution in [0.15, 0.2) is 29.6 Å². The number of thiazole rings is 1. The van der Waals surface area contributed by atoms with Crippen molar-refractivity contribution in [1.29, 1.82) is 0 Å². The fraction of sp³-hybridized carbons (Fsp3) is 0.667. The quantitative estimate of drug-likeness (QED) is 0.307. The molecule has 0 aliphatic carbocycles. The van der Waals surface area contributed by atoms with Crippen molar-refractivity contribution in [3.8, 4) is 11.3 Å². The summed E-state index contributed by atoms with van der Waals surface area (Å²) in [6.45, 7) is 6.83. The molecule has 3 saturated heterocycles. The molecule has 1 aromatic carbocycles. The van der Waals surface area contributed by atoms with Crippen molar-refractivity contribution in [2.45, 2.75) is 62.6 Å². The molecule has 4 heterocycles. The van der Waals surface area contributed by atoms with Gasteiger partial charge in [-0.1, -0.05) is 38.1 Å². The lowest BCUT2D eigenvalue weighted by molar-refractivity contribution is -0.227. The number of alkyl halides is 4. The summed E-state index contributed by atoms with van der Waals surface area (Å²) in [4.78, 5) is 24.4. The number of nitrogens with zero attached hydrogens (tertiary/aromatic N) is 4. The Morgan fingerprint density at radius 1 is 1.16 bits per heavy atom. The lowest BCUT2D eigenvalue weighted by Gasteiger charge is -2.38. The van der Waals surface area contributed by atoms with Crippen LogP contribution in [0.2, 0.25) is 0 Å². The third-order valence-corrected chi connectivity index (χ3v) is 9.68. The largest absolute Gasteiger partial charge is 0.407 e. The number of benzene rings is 1. The average molecular weight is 644 g/mol. The Hall–Kier alpha value is -2.36. The van der Waals surface area contributed by atoms with E-state index >= 15 is 4.39 Å². The van der Waals surface area contributed by atoms with Gasteiger partial charge in [0.2, 0.25) is 11.7 Å². The number of likely N-dealkylation sites (N-methyl/N-ethyl adjacent to an activating group) is 1. The molecule has 5 rings (SSSR count). The van der Waals surface area contributed by atoms with Crippen molar-refractivity contribution in [1.82, 2.24) is 20.1 Å². The van der Waals surface area contributed by atoms with E-state index in [1.807, 2.05) is 19.2 Å². The number of amides is 1. The molecule has 9 nitrogen and oxygen atoms in total. The molecule has 0 saturated carbocycles. The molecule has 3 aliphatic heterocycles. The van der Waals surface area contributed by atoms with Gasteiger partial charge in [0, 0.05) is 51.3 Å². The molecule has 244 valence electrons. The van der Waals surface area contributed by atoms with Gasteiger partial charge in [0.05, 0.1) is 18.3 Å². The third-order valence-electron chi connectivity index (χ3n) is 8.78. The first-order valence-electron chi connectivity index (χ1n) is 14.9. The smallest absolute Gasteiger partial charge is 0.367 e. The van der Waals surface area contributed by atoms with Gasteiger partial charge in [0.15, 0.2) is 5.13 Å². The predicted octanol–water partition coefficient (Wildman–Crippen LogP) is 4.11. The highest BCUT2D eigenvalue weighted by atomic mass is 32.1. The topological polar surface area (TPSA) is 79.4 Å². The molecule has 0 spiro atoms. The summed E-state index contributed by atoms with van der Waals surface area (Å²) in [6, 6.07) is 1.77. The SMILES string of the molecule is COC1(OC)CO[C@H]2[C@@H]1N(C(=O)[C@H](CC(C)C)N[C@@H](c1ccc(-c3csc(N4CCN(C)CC4)n3)cc1)C(F)(F)F)C[C@@H]2F. The van der Waals surface area contributed by atoms with Crippen molar-refractivity contribution >= 4 is 22.4 Å². The number of carbonyl (C=O) groups excluding carboxylic acids is 1. The third kappa shape index (κ3) is 6.61. The summed E-state index contributed by atoms with van der Waals surface area (Å²) < 4.78 is 75.4. The van der Waals surface area contributed by atoms with E-state index in [9.17, 15) is 18.0 Å². The van der Waals surface area contributed by atoms with Gasteiger partial charge >= 0.3 is 6.18 Å². The second-order valence-electron chi connectivity index (χ2n) is 12.2. The highest BCUT2D eigenvalue weighted by molar-refractivity contribution is 7.14. The number of anilines is 1. The monoisotopic (exact) mass is 643 g/mol. The van der Waals surface area contributed by atoms with Crippen LogP contribution >= 0.6 is 11.3 Å². The first-order chi connectivity index (χ1) is 20.9. The number of ether oxygens (including phenoxy) is 3. The molecule has 0 radical (unpaired) electrons. The van der Waals surface area contributed by atoms with E-state index in [2.05, 4.69) is 22.2 Å². The van der Waals surface area contributed by atoms with E-state index in [4.69, 9.17) is 19.2 Å². The highest BCUT2D eigenvalue weighted by Crippen LogP contribution is 2.41. The van der Waals surface area contributed by atoms with E-state index in [0.29, 0.717) is 11.3 Å². The van der Waals surface area contributed by atoms with Crippen molar-refractivity contribution in [2.75, 3.05) is 65.5 Å². The molecule has 5 atom stereocenters. The zero-order chi connectivity index (χ0) is 31.8. The summed E-state index contributed by atoms with van der Waals surface area (Å²) in [5.74, 6) is -2.19. The Labute approximate surface area is 259 Å². The van der Waals surface area contributed by atoms with E-state index < -0.39 is 48.3 Å². The van der Waals surface area contributed by atoms with E-state index in [1.54, 1.807) is 12.1 Å². The molecule has 3 aliphatic rings. The zero-order valence-corrected chi connectivity index (χ0v) is 26.5. The van der Waals surface area contributed by atoms with Gasteiger partial charge in [-0.15, -0.1) is 11.3 Å². The second kappa shape index (κ2) is 13.2. The molecular formula is C30H41F4N5O4S. The Kier molecular flexibility index (Phi) is 9.88. The first kappa shape index (κ1) is 33.0. The molecule has 1 N–H and O–H groups in total. The molecular weight excluding hydrogens is 602 g/mol. The maximum atomic E-state index is 15.0. The Balaban J connectivity index is 1.36. The highest BCUT2D eigenvalue weighted by Gasteiger charge is 2.62. The summed E-state index contributed by atoms with van der Waals surface area (Å²) in [5.41, 5.74) is 1.37. The molecule has 14 heteroatoms. The van der Waals surface area contributed by atoms with Gasteiger partial charge < -0.3 is 28.9 Å². The standard InChI is InChI=1S/C30H41F4N5O4S/c1-18(2)14-22(27(40)39-15-21(31)24-26(39)29(41-4,42-5)17-43-24)35-25(30(32,33)34)20-8-6-19(7-9-20)23-16-44-28(36-23)38-12-10-37(3)11-13-38/h6-9,16,18,21-22,24-26,35H,10-15,17H2,1-5H3/t21-,22-,24+,25-,26-/m0/s1. The van der Waals surface area contributed by atoms with Gasteiger partial charge in [-0.05, 0) is 24.9 Å². The summed E-state index contributed by atoms with van der Waals surface area (Å²) >= 11 is 1.51. The van der Waals surface area contributed by atoms with E-state index in [-0.39, 0.29) is 31.1 Å². The number of nitrogens with one attached hydrogen (secondary N) is 1. The molecule has 44 heavy (non-hydrogen) atoms. The minimum atomic E-state index is -4.71. The molecule has 2 aromatic rings. The van der Waals surface area contributed by atoms with Gasteiger partial charge in [-0.25, -0.2) is 9.37 Å². The van der Waals surface area contributed by atoms with Crippen molar-refractivity contribution in [3.05, 3.63) is 35.2 Å². The minimum absolute atomic E-state index is 0.0349. The number of aromatic nitrogens is 1. The number of methoxy groups -OCH3 is 2. The van der Waals surface area contributed by atoms with Gasteiger partial charge in [-0.3, -0.25) is 10.1 Å². The molecule has 0 bridgehead atoms. The second-order valence-corrected chi connectivity index (χ2v) is 13.0. The number of hydrogen-bond acceptors (Lipinski definition) is 9. The van der Waals surface area contributed by atoms with Crippen LogP contribution in [-0.4, -0.2) is 118 Å². The van der Waals surface area contributed by atoms with Crippen LogP contribution in [0.1, 0.15) is 31.9 Å². The summed E-state index contributed by atoms with van der Waals surface area (Å²) in [7, 11) is 4.82. The minimum Gasteiger partial charge on any atom is -0.367 e. The predicted molar refractivity (Wildman–Crippen MR) is 159 cm³/mol. The van der Waals surface area contributed by atoms with Crippen LogP contribution in [0.5, 0.6) is 0 Å². The van der Waals surface area contributed by atoms with Crippen molar-refractivity contribution in [2.24, 2.45) is 5.92 Å². The number of halogens is 4. The maximum Gasteiger partial charge on any atom is 0.407 e. The Morgan fingerprint density at radius 2 is 1.82 bits per heavy atom. The maximum absolute atomic E-state index is 15.0. The van der Waals surface area contributed by atoms with Crippen LogP contribution in [-0.2, 0) is 19.0 Å². The average Bonchev–Trinajstić information content (AvgIpc) is 3.71. The summed E-state index contributed by atoms with van der Waals surface area (Å²) in [5, 5.41) is 5.40. The molecule has 1 aromatic heterocycles. The van der Waals surface area contributed by atoms with E-state index in [0.717, 1.165) is 31.3 Å². The molecule has 3 fully saturated rings. The zero-order valence-electron chi connectivity index (χ0n) is 25.6. The molecule has 1 amide bonds. The van der Waals surface area contributed by atoms with Crippen LogP contribution in [0.4, 0.5) is 22.7 Å². The molecule has 0 unspecified atom stereocenters. The summed E-state index contributed by atoms with van der Waals surface area (Å²) in [6.07, 6.45) is -7.12. The van der Waals surface area contributed by atoms with Gasteiger partial charge in [0.1, 0.15) is 31.0 Å². The van der Waals surface area contributed by atoms with Crippen LogP contribution in [0.3, 0.4) is 0 Å². The normalized spacial score (nSPS) is 25.5. The van der Waals surface area contributed by atoms with Crippen molar-refractivity contribution in [3.63, 3.8) is 0 Å². The number of fused-ring (bicyclic) bond motifs is 1. The lowest BCUT2D eigenvalue weighted by atomic mass is 9.97. The Morgan fingerprint density at radius 3 is 2.41 bits per heavy atom. The fourth-order valence-corrected chi connectivity index (χ4v) is 7.20. The lowest BCUT2D eigenvalue weighted by Crippen LogP contribution is -2.59. The number of rotatable bonds is 10. The van der Waals surface area contributed by atoms with Crippen LogP contribution in [0, 0.1) is 5.92 Å². The number of piperazine rings is 1. The van der Waals surface area contributed by atoms with Gasteiger partial charge in [0.25, 0.3) is 0 Å². The first-order valence-corrected chi connectivity index (χ1v) is 15.7. The van der Waals surface area contributed by atoms with Gasteiger partial charge in [-0.2, -0.15) is 13.2 Å².